The first-order chi connectivity index (χ1) is 9.97. The lowest BCUT2D eigenvalue weighted by atomic mass is 10.1. The largest absolute Gasteiger partial charge is 0.378 e. The van der Waals surface area contributed by atoms with Gasteiger partial charge in [0.2, 0.25) is 0 Å². The van der Waals surface area contributed by atoms with Gasteiger partial charge in [0.15, 0.2) is 5.17 Å². The zero-order chi connectivity index (χ0) is 15.4. The van der Waals surface area contributed by atoms with Gasteiger partial charge in [-0.3, -0.25) is 0 Å². The molecule has 2 rings (SSSR count). The number of halogens is 2. The van der Waals surface area contributed by atoms with Crippen molar-refractivity contribution in [2.24, 2.45) is 10.7 Å². The summed E-state index contributed by atoms with van der Waals surface area (Å²) in [6, 6.07) is 11.5. The van der Waals surface area contributed by atoms with E-state index in [9.17, 15) is 0 Å². The third kappa shape index (κ3) is 4.40. The third-order valence-corrected chi connectivity index (χ3v) is 4.48. The van der Waals surface area contributed by atoms with Crippen LogP contribution in [0.2, 0.25) is 10.0 Å². The maximum Gasteiger partial charge on any atom is 0.159 e. The highest BCUT2D eigenvalue weighted by molar-refractivity contribution is 8.13. The summed E-state index contributed by atoms with van der Waals surface area (Å²) in [6.07, 6.45) is 0. The molecule has 0 spiro atoms. The third-order valence-electron chi connectivity index (χ3n) is 3.05. The van der Waals surface area contributed by atoms with Gasteiger partial charge in [0, 0.05) is 15.8 Å². The lowest BCUT2D eigenvalue weighted by Crippen LogP contribution is -2.06. The number of para-hydroxylation sites is 1. The number of benzene rings is 2. The van der Waals surface area contributed by atoms with E-state index in [-0.39, 0.29) is 0 Å². The van der Waals surface area contributed by atoms with Gasteiger partial charge in [-0.15, -0.1) is 0 Å². The van der Waals surface area contributed by atoms with Gasteiger partial charge in [-0.05, 0) is 42.7 Å². The second-order valence-corrected chi connectivity index (χ2v) is 6.55. The number of thioether (sulfide) groups is 1. The van der Waals surface area contributed by atoms with E-state index >= 15 is 0 Å². The number of nitrogens with two attached hydrogens (primary N) is 1. The molecule has 2 aromatic carbocycles. The SMILES string of the molecule is Cc1cccc(C)c1N=C(N)SCc1ccc(Cl)cc1Cl. The van der Waals surface area contributed by atoms with Gasteiger partial charge in [0.1, 0.15) is 0 Å². The topological polar surface area (TPSA) is 38.4 Å². The Kier molecular flexibility index (Phi) is 5.57. The molecule has 0 fully saturated rings. The Morgan fingerprint density at radius 3 is 2.43 bits per heavy atom. The summed E-state index contributed by atoms with van der Waals surface area (Å²) in [5.74, 6) is 0.663. The van der Waals surface area contributed by atoms with Crippen molar-refractivity contribution in [1.82, 2.24) is 0 Å². The number of hydrogen-bond acceptors (Lipinski definition) is 2. The maximum absolute atomic E-state index is 6.15. The van der Waals surface area contributed by atoms with Crippen molar-refractivity contribution in [3.63, 3.8) is 0 Å². The van der Waals surface area contributed by atoms with Crippen LogP contribution >= 0.6 is 35.0 Å². The monoisotopic (exact) mass is 338 g/mol. The summed E-state index contributed by atoms with van der Waals surface area (Å²) in [4.78, 5) is 4.51. The van der Waals surface area contributed by atoms with Crippen molar-refractivity contribution < 1.29 is 0 Å². The van der Waals surface area contributed by atoms with E-state index < -0.39 is 0 Å². The van der Waals surface area contributed by atoms with Crippen molar-refractivity contribution in [2.45, 2.75) is 19.6 Å². The van der Waals surface area contributed by atoms with Crippen LogP contribution in [-0.4, -0.2) is 5.17 Å². The maximum atomic E-state index is 6.15. The predicted octanol–water partition coefficient (Wildman–Crippen LogP) is 5.49. The summed E-state index contributed by atoms with van der Waals surface area (Å²) in [6.45, 7) is 4.06. The first-order valence-electron chi connectivity index (χ1n) is 6.44. The molecular formula is C16H16Cl2N2S. The van der Waals surface area contributed by atoms with E-state index in [4.69, 9.17) is 28.9 Å². The summed E-state index contributed by atoms with van der Waals surface area (Å²) in [5, 5.41) is 1.80. The molecule has 0 aliphatic rings. The molecule has 0 aliphatic heterocycles. The fourth-order valence-electron chi connectivity index (χ4n) is 1.91. The van der Waals surface area contributed by atoms with E-state index in [0.29, 0.717) is 21.0 Å². The van der Waals surface area contributed by atoms with Gasteiger partial charge in [0.25, 0.3) is 0 Å². The zero-order valence-electron chi connectivity index (χ0n) is 11.9. The molecule has 0 saturated carbocycles. The van der Waals surface area contributed by atoms with Gasteiger partial charge in [-0.1, -0.05) is 59.2 Å². The molecule has 0 aromatic heterocycles. The van der Waals surface area contributed by atoms with Crippen molar-refractivity contribution in [2.75, 3.05) is 0 Å². The van der Waals surface area contributed by atoms with E-state index in [0.717, 1.165) is 22.4 Å². The molecule has 0 bridgehead atoms. The average molecular weight is 339 g/mol. The van der Waals surface area contributed by atoms with Crippen molar-refractivity contribution in [1.29, 1.82) is 0 Å². The van der Waals surface area contributed by atoms with Gasteiger partial charge in [-0.25, -0.2) is 4.99 Å². The molecule has 0 radical (unpaired) electrons. The Morgan fingerprint density at radius 1 is 1.14 bits per heavy atom. The molecule has 2 aromatic rings. The second kappa shape index (κ2) is 7.21. The smallest absolute Gasteiger partial charge is 0.159 e. The Labute approximate surface area is 139 Å². The van der Waals surface area contributed by atoms with E-state index in [2.05, 4.69) is 4.99 Å². The lowest BCUT2D eigenvalue weighted by molar-refractivity contribution is 1.32. The Bertz CT molecular complexity index is 664. The van der Waals surface area contributed by atoms with Gasteiger partial charge < -0.3 is 5.73 Å². The second-order valence-electron chi connectivity index (χ2n) is 4.71. The molecule has 0 amide bonds. The van der Waals surface area contributed by atoms with Crippen LogP contribution in [-0.2, 0) is 5.75 Å². The van der Waals surface area contributed by atoms with Crippen LogP contribution in [0.5, 0.6) is 0 Å². The van der Waals surface area contributed by atoms with E-state index in [1.54, 1.807) is 6.07 Å². The lowest BCUT2D eigenvalue weighted by Gasteiger charge is -2.07. The molecule has 5 heteroatoms. The minimum atomic E-state index is 0.526. The fraction of sp³-hybridized carbons (Fsp3) is 0.188. The molecular weight excluding hydrogens is 323 g/mol. The summed E-state index contributed by atoms with van der Waals surface area (Å²) >= 11 is 13.5. The van der Waals surface area contributed by atoms with Crippen molar-refractivity contribution >= 4 is 45.8 Å². The van der Waals surface area contributed by atoms with Gasteiger partial charge >= 0.3 is 0 Å². The van der Waals surface area contributed by atoms with Crippen LogP contribution in [0.15, 0.2) is 41.4 Å². The normalized spacial score (nSPS) is 11.7. The van der Waals surface area contributed by atoms with Gasteiger partial charge in [-0.2, -0.15) is 0 Å². The standard InChI is InChI=1S/C16H16Cl2N2S/c1-10-4-3-5-11(2)15(10)20-16(19)21-9-12-6-7-13(17)8-14(12)18/h3-8H,9H2,1-2H3,(H2,19,20). The average Bonchev–Trinajstić information content (AvgIpc) is 2.42. The van der Waals surface area contributed by atoms with Crippen LogP contribution in [0.3, 0.4) is 0 Å². The number of nitrogens with zero attached hydrogens (tertiary/aromatic N) is 1. The zero-order valence-corrected chi connectivity index (χ0v) is 14.2. The Hall–Kier alpha value is -1.16. The summed E-state index contributed by atoms with van der Waals surface area (Å²) in [7, 11) is 0. The highest BCUT2D eigenvalue weighted by Gasteiger charge is 2.05. The molecule has 0 unspecified atom stereocenters. The predicted molar refractivity (Wildman–Crippen MR) is 95.0 cm³/mol. The molecule has 2 nitrogen and oxygen atoms in total. The minimum absolute atomic E-state index is 0.526. The molecule has 21 heavy (non-hydrogen) atoms. The number of amidine groups is 1. The molecule has 0 atom stereocenters. The molecule has 0 heterocycles. The van der Waals surface area contributed by atoms with Crippen LogP contribution < -0.4 is 5.73 Å². The molecule has 0 aliphatic carbocycles. The van der Waals surface area contributed by atoms with Crippen LogP contribution in [0.1, 0.15) is 16.7 Å². The van der Waals surface area contributed by atoms with E-state index in [1.807, 2.05) is 44.2 Å². The van der Waals surface area contributed by atoms with Crippen LogP contribution in [0, 0.1) is 13.8 Å². The number of rotatable bonds is 3. The molecule has 2 N–H and O–H groups in total. The first kappa shape index (κ1) is 16.2. The Balaban J connectivity index is 2.11. The molecule has 0 saturated heterocycles. The number of aryl methyl sites for hydroxylation is 2. The number of aliphatic imine (C=N–C) groups is 1. The minimum Gasteiger partial charge on any atom is -0.378 e. The highest BCUT2D eigenvalue weighted by Crippen LogP contribution is 2.27. The van der Waals surface area contributed by atoms with Crippen LogP contribution in [0.25, 0.3) is 0 Å². The number of hydrogen-bond donors (Lipinski definition) is 1. The quantitative estimate of drug-likeness (QED) is 0.593. The molecule has 110 valence electrons. The summed E-state index contributed by atoms with van der Waals surface area (Å²) < 4.78 is 0. The Morgan fingerprint density at radius 2 is 1.81 bits per heavy atom. The highest BCUT2D eigenvalue weighted by atomic mass is 35.5. The van der Waals surface area contributed by atoms with Crippen molar-refractivity contribution in [3.05, 3.63) is 63.1 Å². The van der Waals surface area contributed by atoms with E-state index in [1.165, 1.54) is 11.8 Å². The summed E-state index contributed by atoms with van der Waals surface area (Å²) in [5.41, 5.74) is 10.2. The fourth-order valence-corrected chi connectivity index (χ4v) is 3.18. The van der Waals surface area contributed by atoms with Crippen LogP contribution in [0.4, 0.5) is 5.69 Å². The van der Waals surface area contributed by atoms with Crippen molar-refractivity contribution in [3.8, 4) is 0 Å². The first-order valence-corrected chi connectivity index (χ1v) is 8.18. The van der Waals surface area contributed by atoms with Gasteiger partial charge in [0.05, 0.1) is 5.69 Å².